The minimum atomic E-state index is -2.82. The first-order valence-electron chi connectivity index (χ1n) is 4.58. The van der Waals surface area contributed by atoms with Crippen LogP contribution in [0, 0.1) is 0 Å². The minimum absolute atomic E-state index is 0.0334. The van der Waals surface area contributed by atoms with Crippen LogP contribution in [0.15, 0.2) is 6.07 Å². The third-order valence-electron chi connectivity index (χ3n) is 2.12. The SMILES string of the molecule is COC(=O)Cc1c(CCl)cc(Cl)nc1C(F)F. The highest BCUT2D eigenvalue weighted by molar-refractivity contribution is 6.29. The summed E-state index contributed by atoms with van der Waals surface area (Å²) < 4.78 is 30.0. The van der Waals surface area contributed by atoms with Crippen LogP contribution in [0.25, 0.3) is 0 Å². The van der Waals surface area contributed by atoms with Gasteiger partial charge in [-0.05, 0) is 17.2 Å². The number of ether oxygens (including phenoxy) is 1. The zero-order chi connectivity index (χ0) is 13.0. The summed E-state index contributed by atoms with van der Waals surface area (Å²) in [5, 5.41) is -0.0791. The molecule has 0 spiro atoms. The number of rotatable bonds is 4. The molecule has 0 amide bonds. The fourth-order valence-electron chi connectivity index (χ4n) is 1.33. The van der Waals surface area contributed by atoms with E-state index in [0.717, 1.165) is 0 Å². The summed E-state index contributed by atoms with van der Waals surface area (Å²) in [4.78, 5) is 14.7. The molecule has 1 aromatic rings. The Morgan fingerprint density at radius 1 is 1.59 bits per heavy atom. The van der Waals surface area contributed by atoms with Gasteiger partial charge in [0.1, 0.15) is 10.8 Å². The molecule has 0 bridgehead atoms. The molecule has 0 fully saturated rings. The Morgan fingerprint density at radius 2 is 2.24 bits per heavy atom. The van der Waals surface area contributed by atoms with Crippen molar-refractivity contribution in [3.63, 3.8) is 0 Å². The quantitative estimate of drug-likeness (QED) is 0.484. The minimum Gasteiger partial charge on any atom is -0.469 e. The number of pyridine rings is 1. The lowest BCUT2D eigenvalue weighted by atomic mass is 10.0. The van der Waals surface area contributed by atoms with Crippen LogP contribution in [0.1, 0.15) is 23.2 Å². The standard InChI is InChI=1S/C10H9Cl2F2NO2/c1-17-8(16)3-6-5(4-11)2-7(12)15-9(6)10(13)14/h2,10H,3-4H2,1H3. The molecule has 1 heterocycles. The summed E-state index contributed by atoms with van der Waals surface area (Å²) >= 11 is 11.2. The van der Waals surface area contributed by atoms with E-state index < -0.39 is 18.1 Å². The van der Waals surface area contributed by atoms with E-state index in [1.807, 2.05) is 0 Å². The number of esters is 1. The van der Waals surface area contributed by atoms with Crippen molar-refractivity contribution in [3.05, 3.63) is 28.0 Å². The van der Waals surface area contributed by atoms with E-state index in [9.17, 15) is 13.6 Å². The molecular formula is C10H9Cl2F2NO2. The molecule has 0 atom stereocenters. The maximum absolute atomic E-state index is 12.8. The summed E-state index contributed by atoms with van der Waals surface area (Å²) in [6.07, 6.45) is -3.13. The zero-order valence-electron chi connectivity index (χ0n) is 8.84. The van der Waals surface area contributed by atoms with Crippen LogP contribution < -0.4 is 0 Å². The number of carbonyl (C=O) groups excluding carboxylic acids is 1. The fourth-order valence-corrected chi connectivity index (χ4v) is 1.79. The highest BCUT2D eigenvalue weighted by Crippen LogP contribution is 2.27. The number of halogens is 4. The number of nitrogens with zero attached hydrogens (tertiary/aromatic N) is 1. The van der Waals surface area contributed by atoms with Gasteiger partial charge in [0.15, 0.2) is 0 Å². The first-order valence-corrected chi connectivity index (χ1v) is 5.50. The van der Waals surface area contributed by atoms with Crippen molar-refractivity contribution in [1.29, 1.82) is 0 Å². The normalized spacial score (nSPS) is 10.7. The monoisotopic (exact) mass is 283 g/mol. The predicted octanol–water partition coefficient (Wildman–Crippen LogP) is 3.13. The number of alkyl halides is 3. The molecule has 0 aromatic carbocycles. The lowest BCUT2D eigenvalue weighted by Gasteiger charge is -2.11. The smallest absolute Gasteiger partial charge is 0.310 e. The molecule has 0 N–H and O–H groups in total. The number of hydrogen-bond acceptors (Lipinski definition) is 3. The fraction of sp³-hybridized carbons (Fsp3) is 0.400. The van der Waals surface area contributed by atoms with Gasteiger partial charge in [0.05, 0.1) is 13.5 Å². The number of aromatic nitrogens is 1. The lowest BCUT2D eigenvalue weighted by Crippen LogP contribution is -2.11. The maximum Gasteiger partial charge on any atom is 0.310 e. The number of hydrogen-bond donors (Lipinski definition) is 0. The van der Waals surface area contributed by atoms with Crippen molar-refractivity contribution in [2.45, 2.75) is 18.7 Å². The highest BCUT2D eigenvalue weighted by atomic mass is 35.5. The molecule has 0 radical (unpaired) electrons. The third-order valence-corrected chi connectivity index (χ3v) is 2.60. The Morgan fingerprint density at radius 3 is 2.71 bits per heavy atom. The first-order chi connectivity index (χ1) is 7.99. The maximum atomic E-state index is 12.8. The van der Waals surface area contributed by atoms with Gasteiger partial charge in [-0.2, -0.15) is 0 Å². The topological polar surface area (TPSA) is 39.2 Å². The van der Waals surface area contributed by atoms with Crippen molar-refractivity contribution >= 4 is 29.2 Å². The average molecular weight is 284 g/mol. The second-order valence-electron chi connectivity index (χ2n) is 3.16. The van der Waals surface area contributed by atoms with Gasteiger partial charge in [0.2, 0.25) is 0 Å². The molecule has 94 valence electrons. The van der Waals surface area contributed by atoms with Gasteiger partial charge < -0.3 is 4.74 Å². The second-order valence-corrected chi connectivity index (χ2v) is 3.81. The summed E-state index contributed by atoms with van der Waals surface area (Å²) in [6, 6.07) is 1.36. The molecule has 0 aliphatic rings. The van der Waals surface area contributed by atoms with Crippen molar-refractivity contribution in [1.82, 2.24) is 4.98 Å². The van der Waals surface area contributed by atoms with Crippen LogP contribution in [0.4, 0.5) is 8.78 Å². The van der Waals surface area contributed by atoms with E-state index in [1.54, 1.807) is 0 Å². The predicted molar refractivity (Wildman–Crippen MR) is 59.5 cm³/mol. The van der Waals surface area contributed by atoms with E-state index in [4.69, 9.17) is 23.2 Å². The van der Waals surface area contributed by atoms with Crippen LogP contribution in [-0.4, -0.2) is 18.1 Å². The van der Waals surface area contributed by atoms with Crippen LogP contribution in [0.5, 0.6) is 0 Å². The Balaban J connectivity index is 3.26. The third kappa shape index (κ3) is 3.51. The van der Waals surface area contributed by atoms with Gasteiger partial charge in [0.25, 0.3) is 6.43 Å². The van der Waals surface area contributed by atoms with Crippen molar-refractivity contribution in [2.75, 3.05) is 7.11 Å². The Hall–Kier alpha value is -0.940. The molecule has 0 saturated heterocycles. The van der Waals surface area contributed by atoms with Gasteiger partial charge in [-0.3, -0.25) is 4.79 Å². The van der Waals surface area contributed by atoms with Crippen LogP contribution in [-0.2, 0) is 21.8 Å². The second kappa shape index (κ2) is 6.12. The van der Waals surface area contributed by atoms with Crippen LogP contribution >= 0.6 is 23.2 Å². The zero-order valence-corrected chi connectivity index (χ0v) is 10.4. The van der Waals surface area contributed by atoms with Gasteiger partial charge in [-0.1, -0.05) is 11.6 Å². The van der Waals surface area contributed by atoms with Gasteiger partial charge in [-0.25, -0.2) is 13.8 Å². The molecule has 0 unspecified atom stereocenters. The number of carbonyl (C=O) groups is 1. The Bertz CT molecular complexity index is 427. The van der Waals surface area contributed by atoms with Gasteiger partial charge in [0, 0.05) is 5.88 Å². The molecule has 0 aliphatic heterocycles. The molecule has 1 rings (SSSR count). The highest BCUT2D eigenvalue weighted by Gasteiger charge is 2.21. The van der Waals surface area contributed by atoms with Gasteiger partial charge in [-0.15, -0.1) is 11.6 Å². The molecule has 0 saturated carbocycles. The van der Waals surface area contributed by atoms with E-state index in [0.29, 0.717) is 5.56 Å². The molecule has 17 heavy (non-hydrogen) atoms. The molecular weight excluding hydrogens is 275 g/mol. The van der Waals surface area contributed by atoms with Crippen molar-refractivity contribution < 1.29 is 18.3 Å². The molecule has 1 aromatic heterocycles. The Labute approximate surface area is 107 Å². The molecule has 7 heteroatoms. The lowest BCUT2D eigenvalue weighted by molar-refractivity contribution is -0.139. The molecule has 0 aliphatic carbocycles. The van der Waals surface area contributed by atoms with E-state index in [1.165, 1.54) is 13.2 Å². The summed E-state index contributed by atoms with van der Waals surface area (Å²) in [7, 11) is 1.17. The van der Waals surface area contributed by atoms with E-state index in [-0.39, 0.29) is 23.0 Å². The van der Waals surface area contributed by atoms with E-state index in [2.05, 4.69) is 9.72 Å². The van der Waals surface area contributed by atoms with Crippen molar-refractivity contribution in [3.8, 4) is 0 Å². The average Bonchev–Trinajstić information content (AvgIpc) is 2.30. The Kier molecular flexibility index (Phi) is 5.08. The largest absolute Gasteiger partial charge is 0.469 e. The van der Waals surface area contributed by atoms with Crippen LogP contribution in [0.2, 0.25) is 5.15 Å². The molecule has 3 nitrogen and oxygen atoms in total. The van der Waals surface area contributed by atoms with Gasteiger partial charge >= 0.3 is 5.97 Å². The van der Waals surface area contributed by atoms with Crippen LogP contribution in [0.3, 0.4) is 0 Å². The van der Waals surface area contributed by atoms with E-state index >= 15 is 0 Å². The summed E-state index contributed by atoms with van der Waals surface area (Å²) in [5.74, 6) is -0.670. The summed E-state index contributed by atoms with van der Waals surface area (Å²) in [6.45, 7) is 0. The first kappa shape index (κ1) is 14.1. The van der Waals surface area contributed by atoms with Crippen molar-refractivity contribution in [2.24, 2.45) is 0 Å². The summed E-state index contributed by atoms with van der Waals surface area (Å²) in [5.41, 5.74) is -0.0998. The number of methoxy groups -OCH3 is 1.